The lowest BCUT2D eigenvalue weighted by Gasteiger charge is -2.31. The Bertz CT molecular complexity index is 464. The van der Waals surface area contributed by atoms with E-state index in [1.807, 2.05) is 12.1 Å². The average molecular weight is 374 g/mol. The first kappa shape index (κ1) is 17.3. The predicted octanol–water partition coefficient (Wildman–Crippen LogP) is 4.86. The first-order valence-corrected chi connectivity index (χ1v) is 9.09. The molecule has 2 nitrogen and oxygen atoms in total. The summed E-state index contributed by atoms with van der Waals surface area (Å²) in [6, 6.07) is 6.28. The molecule has 4 heteroatoms. The highest BCUT2D eigenvalue weighted by atomic mass is 79.9. The summed E-state index contributed by atoms with van der Waals surface area (Å²) >= 11 is 9.95. The van der Waals surface area contributed by atoms with Crippen LogP contribution in [-0.4, -0.2) is 24.5 Å². The van der Waals surface area contributed by atoms with Crippen LogP contribution >= 0.6 is 27.5 Å². The van der Waals surface area contributed by atoms with Crippen molar-refractivity contribution in [1.29, 1.82) is 0 Å². The second-order valence-electron chi connectivity index (χ2n) is 6.39. The Morgan fingerprint density at radius 1 is 1.33 bits per heavy atom. The quantitative estimate of drug-likeness (QED) is 0.816. The third-order valence-electron chi connectivity index (χ3n) is 4.73. The maximum absolute atomic E-state index is 6.41. The van der Waals surface area contributed by atoms with Crippen LogP contribution in [0.1, 0.15) is 44.7 Å². The van der Waals surface area contributed by atoms with Gasteiger partial charge in [-0.05, 0) is 68.0 Å². The Labute approximate surface area is 142 Å². The van der Waals surface area contributed by atoms with Crippen LogP contribution in [0, 0.1) is 11.8 Å². The molecule has 0 spiro atoms. The lowest BCUT2D eigenvalue weighted by Crippen LogP contribution is -2.35. The zero-order valence-corrected chi connectivity index (χ0v) is 15.3. The summed E-state index contributed by atoms with van der Waals surface area (Å²) in [4.78, 5) is 2.52. The molecule has 1 aromatic carbocycles. The molecule has 0 amide bonds. The van der Waals surface area contributed by atoms with Gasteiger partial charge in [-0.3, -0.25) is 4.90 Å². The molecule has 1 aromatic rings. The summed E-state index contributed by atoms with van der Waals surface area (Å²) in [5, 5.41) is 0.818. The van der Waals surface area contributed by atoms with E-state index in [0.29, 0.717) is 6.54 Å². The summed E-state index contributed by atoms with van der Waals surface area (Å²) in [5.74, 6) is 1.61. The molecule has 1 aliphatic rings. The second-order valence-corrected chi connectivity index (χ2v) is 7.71. The van der Waals surface area contributed by atoms with Gasteiger partial charge in [-0.1, -0.05) is 41.4 Å². The van der Waals surface area contributed by atoms with E-state index >= 15 is 0 Å². The highest BCUT2D eigenvalue weighted by Gasteiger charge is 2.26. The number of hydrogen-bond acceptors (Lipinski definition) is 2. The first-order chi connectivity index (χ1) is 10.0. The number of likely N-dealkylation sites (tertiary alicyclic amines) is 1. The average Bonchev–Trinajstić information content (AvgIpc) is 2.70. The van der Waals surface area contributed by atoms with Gasteiger partial charge >= 0.3 is 0 Å². The molecule has 2 atom stereocenters. The van der Waals surface area contributed by atoms with Crippen LogP contribution in [0.4, 0.5) is 0 Å². The van der Waals surface area contributed by atoms with Crippen molar-refractivity contribution in [3.05, 3.63) is 33.3 Å². The lowest BCUT2D eigenvalue weighted by atomic mass is 9.89. The van der Waals surface area contributed by atoms with E-state index in [1.54, 1.807) is 0 Å². The number of nitrogens with two attached hydrogens (primary N) is 1. The molecule has 2 unspecified atom stereocenters. The van der Waals surface area contributed by atoms with Crippen LogP contribution in [0.5, 0.6) is 0 Å². The van der Waals surface area contributed by atoms with Crippen molar-refractivity contribution >= 4 is 27.5 Å². The van der Waals surface area contributed by atoms with Gasteiger partial charge in [-0.2, -0.15) is 0 Å². The molecule has 0 aromatic heterocycles. The summed E-state index contributed by atoms with van der Waals surface area (Å²) < 4.78 is 1.07. The molecule has 0 radical (unpaired) electrons. The van der Waals surface area contributed by atoms with Crippen molar-refractivity contribution in [2.75, 3.05) is 19.6 Å². The molecular formula is C17H26BrClN2. The van der Waals surface area contributed by atoms with Gasteiger partial charge in [0.2, 0.25) is 0 Å². The number of rotatable bonds is 4. The van der Waals surface area contributed by atoms with E-state index in [-0.39, 0.29) is 6.04 Å². The molecule has 2 rings (SSSR count). The molecule has 1 fully saturated rings. The van der Waals surface area contributed by atoms with Gasteiger partial charge < -0.3 is 5.73 Å². The molecule has 0 aliphatic carbocycles. The minimum absolute atomic E-state index is 0.223. The topological polar surface area (TPSA) is 29.3 Å². The smallest absolute Gasteiger partial charge is 0.0485 e. The fourth-order valence-corrected chi connectivity index (χ4v) is 3.99. The molecule has 1 heterocycles. The highest BCUT2D eigenvalue weighted by Crippen LogP contribution is 2.33. The van der Waals surface area contributed by atoms with Gasteiger partial charge in [0, 0.05) is 22.1 Å². The monoisotopic (exact) mass is 372 g/mol. The van der Waals surface area contributed by atoms with Crippen LogP contribution in [0.15, 0.2) is 22.7 Å². The molecule has 21 heavy (non-hydrogen) atoms. The number of benzene rings is 1. The van der Waals surface area contributed by atoms with E-state index in [1.165, 1.54) is 19.3 Å². The van der Waals surface area contributed by atoms with Crippen molar-refractivity contribution in [3.8, 4) is 0 Å². The van der Waals surface area contributed by atoms with Crippen molar-refractivity contribution in [1.82, 2.24) is 4.90 Å². The Kier molecular flexibility index (Phi) is 6.54. The normalized spacial score (nSPS) is 22.3. The van der Waals surface area contributed by atoms with Crippen LogP contribution in [0.25, 0.3) is 0 Å². The van der Waals surface area contributed by atoms with Gasteiger partial charge in [-0.15, -0.1) is 0 Å². The summed E-state index contributed by atoms with van der Waals surface area (Å²) in [7, 11) is 0. The SMILES string of the molecule is CC(C)C1CCCN(C(CN)c2cc(Br)ccc2Cl)CC1. The Morgan fingerprint density at radius 3 is 2.76 bits per heavy atom. The van der Waals surface area contributed by atoms with Gasteiger partial charge in [0.15, 0.2) is 0 Å². The summed E-state index contributed by atoms with van der Waals surface area (Å²) in [6.45, 7) is 7.53. The van der Waals surface area contributed by atoms with Crippen LogP contribution < -0.4 is 5.73 Å². The van der Waals surface area contributed by atoms with E-state index in [0.717, 1.165) is 40.0 Å². The molecule has 1 saturated heterocycles. The standard InChI is InChI=1S/C17H26BrClN2/c1-12(2)13-4-3-8-21(9-7-13)17(11-20)15-10-14(18)5-6-16(15)19/h5-6,10,12-13,17H,3-4,7-9,11,20H2,1-2H3. The number of halogens is 2. The van der Waals surface area contributed by atoms with Gasteiger partial charge in [-0.25, -0.2) is 0 Å². The molecule has 0 saturated carbocycles. The minimum atomic E-state index is 0.223. The molecular weight excluding hydrogens is 348 g/mol. The maximum Gasteiger partial charge on any atom is 0.0485 e. The second kappa shape index (κ2) is 7.96. The third kappa shape index (κ3) is 4.44. The van der Waals surface area contributed by atoms with Gasteiger partial charge in [0.05, 0.1) is 0 Å². The van der Waals surface area contributed by atoms with E-state index in [2.05, 4.69) is 40.7 Å². The van der Waals surface area contributed by atoms with Crippen molar-refractivity contribution in [3.63, 3.8) is 0 Å². The molecule has 0 bridgehead atoms. The van der Waals surface area contributed by atoms with Crippen molar-refractivity contribution < 1.29 is 0 Å². The summed E-state index contributed by atoms with van der Waals surface area (Å²) in [5.41, 5.74) is 7.23. The predicted molar refractivity (Wildman–Crippen MR) is 94.7 cm³/mol. The molecule has 118 valence electrons. The highest BCUT2D eigenvalue weighted by molar-refractivity contribution is 9.10. The maximum atomic E-state index is 6.41. The van der Waals surface area contributed by atoms with Crippen molar-refractivity contribution in [2.24, 2.45) is 17.6 Å². The van der Waals surface area contributed by atoms with E-state index in [9.17, 15) is 0 Å². The Hall–Kier alpha value is -0.0900. The number of hydrogen-bond donors (Lipinski definition) is 1. The van der Waals surface area contributed by atoms with Crippen LogP contribution in [0.3, 0.4) is 0 Å². The van der Waals surface area contributed by atoms with Gasteiger partial charge in [0.25, 0.3) is 0 Å². The largest absolute Gasteiger partial charge is 0.329 e. The minimum Gasteiger partial charge on any atom is -0.329 e. The van der Waals surface area contributed by atoms with Crippen molar-refractivity contribution in [2.45, 2.75) is 39.2 Å². The van der Waals surface area contributed by atoms with E-state index < -0.39 is 0 Å². The fraction of sp³-hybridized carbons (Fsp3) is 0.647. The van der Waals surface area contributed by atoms with Gasteiger partial charge in [0.1, 0.15) is 0 Å². The molecule has 1 aliphatic heterocycles. The lowest BCUT2D eigenvalue weighted by molar-refractivity contribution is 0.204. The summed E-state index contributed by atoms with van der Waals surface area (Å²) in [6.07, 6.45) is 3.85. The number of nitrogens with zero attached hydrogens (tertiary/aromatic N) is 1. The van der Waals surface area contributed by atoms with E-state index in [4.69, 9.17) is 17.3 Å². The zero-order valence-electron chi connectivity index (χ0n) is 13.0. The first-order valence-electron chi connectivity index (χ1n) is 7.92. The fourth-order valence-electron chi connectivity index (χ4n) is 3.37. The van der Waals surface area contributed by atoms with Crippen LogP contribution in [0.2, 0.25) is 5.02 Å². The Morgan fingerprint density at radius 2 is 2.10 bits per heavy atom. The molecule has 2 N–H and O–H groups in total. The van der Waals surface area contributed by atoms with Crippen LogP contribution in [-0.2, 0) is 0 Å². The third-order valence-corrected chi connectivity index (χ3v) is 5.57. The Balaban J connectivity index is 2.15. The zero-order chi connectivity index (χ0) is 15.4.